The monoisotopic (exact) mass is 687 g/mol. The number of methoxy groups -OCH3 is 1. The van der Waals surface area contributed by atoms with Gasteiger partial charge in [-0.1, -0.05) is 59.1 Å². The molecule has 7 rings (SSSR count). The van der Waals surface area contributed by atoms with Gasteiger partial charge in [-0.2, -0.15) is 5.01 Å². The van der Waals surface area contributed by atoms with Crippen LogP contribution >= 0.6 is 23.2 Å². The Kier molecular flexibility index (Phi) is 7.64. The smallest absolute Gasteiger partial charge is 0.260 e. The van der Waals surface area contributed by atoms with Gasteiger partial charge in [-0.3, -0.25) is 29.5 Å². The molecule has 48 heavy (non-hydrogen) atoms. The van der Waals surface area contributed by atoms with Gasteiger partial charge in [0.05, 0.1) is 41.0 Å². The number of carbonyl (C=O) groups excluding carboxylic acids is 4. The molecule has 9 nitrogen and oxygen atoms in total. The standard InChI is InChI=1S/C37H35Cl2N3O6/c1-36(2,3)41-32(44)25-15-14-24-26(30(25)34(41)46)18-27-33(45)42(40-29-16-9-21(38)17-28(29)39)35(47)37(27,20-7-12-23(48-4)13-8-20)31(24)19-5-10-22(43)11-6-19/h5-14,16-17,25-27,30-31,40,43H,15,18H2,1-4H3. The lowest BCUT2D eigenvalue weighted by Crippen LogP contribution is -2.53. The second kappa shape index (κ2) is 11.4. The summed E-state index contributed by atoms with van der Waals surface area (Å²) in [5.41, 5.74) is 3.26. The summed E-state index contributed by atoms with van der Waals surface area (Å²) in [4.78, 5) is 59.2. The number of allylic oxidation sites excluding steroid dienone is 2. The van der Waals surface area contributed by atoms with Gasteiger partial charge in [0.2, 0.25) is 11.8 Å². The van der Waals surface area contributed by atoms with Crippen molar-refractivity contribution < 1.29 is 29.0 Å². The fourth-order valence-corrected chi connectivity index (χ4v) is 9.00. The number of ether oxygens (including phenoxy) is 1. The van der Waals surface area contributed by atoms with E-state index in [1.54, 1.807) is 67.8 Å². The minimum Gasteiger partial charge on any atom is -0.508 e. The summed E-state index contributed by atoms with van der Waals surface area (Å²) in [5, 5.41) is 11.9. The molecule has 4 aliphatic rings. The van der Waals surface area contributed by atoms with E-state index in [0.29, 0.717) is 34.0 Å². The third-order valence-corrected chi connectivity index (χ3v) is 11.0. The summed E-state index contributed by atoms with van der Waals surface area (Å²) in [5.74, 6) is -4.17. The minimum absolute atomic E-state index is 0.0470. The minimum atomic E-state index is -1.46. The molecule has 2 heterocycles. The molecule has 3 aromatic carbocycles. The number of rotatable bonds is 5. The van der Waals surface area contributed by atoms with Crippen LogP contribution in [0.2, 0.25) is 10.0 Å². The number of halogens is 2. The van der Waals surface area contributed by atoms with E-state index in [4.69, 9.17) is 27.9 Å². The van der Waals surface area contributed by atoms with Crippen molar-refractivity contribution in [3.63, 3.8) is 0 Å². The summed E-state index contributed by atoms with van der Waals surface area (Å²) >= 11 is 12.6. The lowest BCUT2D eigenvalue weighted by Gasteiger charge is -2.50. The number of anilines is 1. The molecule has 2 aliphatic heterocycles. The molecule has 0 bridgehead atoms. The van der Waals surface area contributed by atoms with Crippen LogP contribution in [0, 0.1) is 23.7 Å². The van der Waals surface area contributed by atoms with Crippen LogP contribution in [0.25, 0.3) is 0 Å². The molecule has 2 saturated heterocycles. The van der Waals surface area contributed by atoms with E-state index < -0.39 is 52.4 Å². The van der Waals surface area contributed by atoms with Crippen molar-refractivity contribution >= 4 is 52.5 Å². The zero-order chi connectivity index (χ0) is 34.3. The van der Waals surface area contributed by atoms with Crippen molar-refractivity contribution in [2.75, 3.05) is 12.5 Å². The van der Waals surface area contributed by atoms with E-state index in [0.717, 1.165) is 10.6 Å². The van der Waals surface area contributed by atoms with E-state index in [2.05, 4.69) is 5.43 Å². The van der Waals surface area contributed by atoms with Gasteiger partial charge in [0.25, 0.3) is 11.8 Å². The van der Waals surface area contributed by atoms with Crippen molar-refractivity contribution in [1.82, 2.24) is 9.91 Å². The van der Waals surface area contributed by atoms with E-state index in [1.165, 1.54) is 11.0 Å². The van der Waals surface area contributed by atoms with Crippen molar-refractivity contribution in [2.24, 2.45) is 23.7 Å². The summed E-state index contributed by atoms with van der Waals surface area (Å²) in [6.07, 6.45) is 2.50. The Hall–Kier alpha value is -4.34. The van der Waals surface area contributed by atoms with Crippen LogP contribution in [0.15, 0.2) is 78.4 Å². The van der Waals surface area contributed by atoms with E-state index >= 15 is 4.79 Å². The number of amides is 4. The number of imide groups is 2. The topological polar surface area (TPSA) is 116 Å². The molecule has 0 aromatic heterocycles. The van der Waals surface area contributed by atoms with Crippen LogP contribution in [0.5, 0.6) is 11.5 Å². The van der Waals surface area contributed by atoms with Gasteiger partial charge in [-0.15, -0.1) is 0 Å². The Morgan fingerprint density at radius 2 is 1.58 bits per heavy atom. The highest BCUT2D eigenvalue weighted by Crippen LogP contribution is 2.64. The van der Waals surface area contributed by atoms with Gasteiger partial charge in [0.1, 0.15) is 11.5 Å². The quantitative estimate of drug-likeness (QED) is 0.233. The lowest BCUT2D eigenvalue weighted by molar-refractivity contribution is -0.146. The zero-order valence-corrected chi connectivity index (χ0v) is 28.4. The number of fused-ring (bicyclic) bond motifs is 4. The third kappa shape index (κ3) is 4.65. The molecule has 3 fully saturated rings. The van der Waals surface area contributed by atoms with Crippen LogP contribution in [0.3, 0.4) is 0 Å². The van der Waals surface area contributed by atoms with E-state index in [1.807, 2.05) is 26.8 Å². The number of benzene rings is 3. The summed E-state index contributed by atoms with van der Waals surface area (Å²) in [6, 6.07) is 18.5. The second-order valence-electron chi connectivity index (χ2n) is 14.0. The molecule has 1 saturated carbocycles. The number of hydrogen-bond donors (Lipinski definition) is 2. The number of hydrogen-bond acceptors (Lipinski definition) is 7. The summed E-state index contributed by atoms with van der Waals surface area (Å²) in [6.45, 7) is 5.52. The Labute approximate surface area is 288 Å². The normalized spacial score (nSPS) is 28.2. The number of phenols is 1. The molecular weight excluding hydrogens is 653 g/mol. The maximum absolute atomic E-state index is 15.2. The predicted octanol–water partition coefficient (Wildman–Crippen LogP) is 6.49. The highest BCUT2D eigenvalue weighted by atomic mass is 35.5. The molecule has 4 amide bonds. The number of phenolic OH excluding ortho intramolecular Hbond substituents is 1. The second-order valence-corrected chi connectivity index (χ2v) is 14.8. The van der Waals surface area contributed by atoms with Crippen molar-refractivity contribution in [3.05, 3.63) is 99.6 Å². The number of carbonyl (C=O) groups is 4. The first-order valence-electron chi connectivity index (χ1n) is 15.9. The average molecular weight is 689 g/mol. The average Bonchev–Trinajstić information content (AvgIpc) is 3.44. The Balaban J connectivity index is 1.45. The Morgan fingerprint density at radius 1 is 0.896 bits per heavy atom. The maximum Gasteiger partial charge on any atom is 0.260 e. The van der Waals surface area contributed by atoms with Crippen molar-refractivity contribution in [3.8, 4) is 11.5 Å². The van der Waals surface area contributed by atoms with Crippen molar-refractivity contribution in [1.29, 1.82) is 0 Å². The number of likely N-dealkylation sites (tertiary alicyclic amines) is 1. The molecule has 6 unspecified atom stereocenters. The molecule has 2 aliphatic carbocycles. The molecule has 6 atom stereocenters. The number of hydrazine groups is 1. The first-order chi connectivity index (χ1) is 22.8. The summed E-state index contributed by atoms with van der Waals surface area (Å²) < 4.78 is 5.44. The van der Waals surface area contributed by atoms with Crippen LogP contribution in [0.1, 0.15) is 50.7 Å². The highest BCUT2D eigenvalue weighted by Gasteiger charge is 2.70. The SMILES string of the molecule is COc1ccc(C23C(=O)N(Nc4ccc(Cl)cc4Cl)C(=O)C2CC2C(=CCC4C(=O)N(C(C)(C)C)C(=O)C42)C3c2ccc(O)cc2)cc1. The number of aromatic hydroxyl groups is 1. The molecule has 3 aromatic rings. The summed E-state index contributed by atoms with van der Waals surface area (Å²) in [7, 11) is 1.55. The van der Waals surface area contributed by atoms with Gasteiger partial charge in [-0.25, -0.2) is 0 Å². The Morgan fingerprint density at radius 3 is 2.21 bits per heavy atom. The third-order valence-electron chi connectivity index (χ3n) is 10.5. The van der Waals surface area contributed by atoms with Crippen LogP contribution in [-0.2, 0) is 24.6 Å². The fraction of sp³-hybridized carbons (Fsp3) is 0.351. The van der Waals surface area contributed by atoms with Gasteiger partial charge in [0.15, 0.2) is 0 Å². The highest BCUT2D eigenvalue weighted by molar-refractivity contribution is 6.36. The van der Waals surface area contributed by atoms with Crippen molar-refractivity contribution in [2.45, 2.75) is 50.5 Å². The van der Waals surface area contributed by atoms with Gasteiger partial charge in [-0.05, 0) is 93.1 Å². The van der Waals surface area contributed by atoms with Gasteiger partial charge in [0, 0.05) is 16.5 Å². The molecule has 0 spiro atoms. The van der Waals surface area contributed by atoms with E-state index in [9.17, 15) is 19.5 Å². The molecule has 248 valence electrons. The van der Waals surface area contributed by atoms with Crippen LogP contribution in [-0.4, -0.2) is 51.3 Å². The molecular formula is C37H35Cl2N3O6. The zero-order valence-electron chi connectivity index (χ0n) is 26.9. The number of nitrogens with one attached hydrogen (secondary N) is 1. The largest absolute Gasteiger partial charge is 0.508 e. The molecule has 11 heteroatoms. The maximum atomic E-state index is 15.2. The Bertz CT molecular complexity index is 1890. The predicted molar refractivity (Wildman–Crippen MR) is 180 cm³/mol. The molecule has 0 radical (unpaired) electrons. The fourth-order valence-electron chi connectivity index (χ4n) is 8.55. The first kappa shape index (κ1) is 32.2. The first-order valence-corrected chi connectivity index (χ1v) is 16.7. The lowest BCUT2D eigenvalue weighted by atomic mass is 9.49. The van der Waals surface area contributed by atoms with Gasteiger partial charge < -0.3 is 9.84 Å². The van der Waals surface area contributed by atoms with Crippen LogP contribution < -0.4 is 10.2 Å². The molecule has 2 N–H and O–H groups in total. The number of nitrogens with zero attached hydrogens (tertiary/aromatic N) is 2. The van der Waals surface area contributed by atoms with Crippen LogP contribution in [0.4, 0.5) is 5.69 Å². The van der Waals surface area contributed by atoms with Gasteiger partial charge >= 0.3 is 0 Å². The van der Waals surface area contributed by atoms with E-state index in [-0.39, 0.29) is 29.0 Å².